The summed E-state index contributed by atoms with van der Waals surface area (Å²) in [6.07, 6.45) is 0. The molecule has 0 saturated carbocycles. The second-order valence-corrected chi connectivity index (χ2v) is 3.98. The highest BCUT2D eigenvalue weighted by Gasteiger charge is 2.23. The van der Waals surface area contributed by atoms with E-state index in [0.29, 0.717) is 12.5 Å². The number of hydrogen-bond donors (Lipinski definition) is 2. The van der Waals surface area contributed by atoms with Gasteiger partial charge < -0.3 is 15.3 Å². The summed E-state index contributed by atoms with van der Waals surface area (Å²) in [4.78, 5) is 13.1. The minimum absolute atomic E-state index is 0.00148. The highest BCUT2D eigenvalue weighted by molar-refractivity contribution is 5.74. The van der Waals surface area contributed by atoms with Crippen molar-refractivity contribution in [1.82, 2.24) is 10.2 Å². The molecular weight excluding hydrogens is 168 g/mol. The first-order chi connectivity index (χ1) is 6.13. The Kier molecular flexibility index (Phi) is 3.54. The van der Waals surface area contributed by atoms with Crippen LogP contribution in [0.3, 0.4) is 0 Å². The van der Waals surface area contributed by atoms with Gasteiger partial charge in [0.1, 0.15) is 0 Å². The van der Waals surface area contributed by atoms with Crippen molar-refractivity contribution < 1.29 is 9.90 Å². The Morgan fingerprint density at radius 1 is 1.77 bits per heavy atom. The molecule has 1 fully saturated rings. The molecule has 1 aliphatic heterocycles. The van der Waals surface area contributed by atoms with Crippen molar-refractivity contribution in [3.05, 3.63) is 0 Å². The molecule has 1 saturated heterocycles. The Morgan fingerprint density at radius 2 is 2.46 bits per heavy atom. The monoisotopic (exact) mass is 186 g/mol. The number of nitrogens with zero attached hydrogens (tertiary/aromatic N) is 1. The molecule has 2 N–H and O–H groups in total. The zero-order valence-corrected chi connectivity index (χ0v) is 8.29. The van der Waals surface area contributed by atoms with E-state index >= 15 is 0 Å². The maximum Gasteiger partial charge on any atom is 0.317 e. The van der Waals surface area contributed by atoms with E-state index in [1.54, 1.807) is 4.90 Å². The van der Waals surface area contributed by atoms with Crippen molar-refractivity contribution in [3.8, 4) is 0 Å². The zero-order chi connectivity index (χ0) is 9.84. The van der Waals surface area contributed by atoms with Crippen molar-refractivity contribution in [2.24, 2.45) is 11.8 Å². The summed E-state index contributed by atoms with van der Waals surface area (Å²) < 4.78 is 0. The smallest absolute Gasteiger partial charge is 0.317 e. The number of amides is 2. The molecule has 4 heteroatoms. The molecule has 2 unspecified atom stereocenters. The highest BCUT2D eigenvalue weighted by Crippen LogP contribution is 2.08. The number of urea groups is 1. The molecule has 0 aromatic heterocycles. The molecule has 0 bridgehead atoms. The van der Waals surface area contributed by atoms with Crippen LogP contribution in [0.2, 0.25) is 0 Å². The van der Waals surface area contributed by atoms with Gasteiger partial charge in [0.05, 0.1) is 0 Å². The number of aliphatic hydroxyl groups is 1. The van der Waals surface area contributed by atoms with Gasteiger partial charge >= 0.3 is 6.03 Å². The average molecular weight is 186 g/mol. The molecule has 0 aliphatic carbocycles. The van der Waals surface area contributed by atoms with Crippen LogP contribution < -0.4 is 5.32 Å². The fourth-order valence-electron chi connectivity index (χ4n) is 1.49. The van der Waals surface area contributed by atoms with Crippen LogP contribution in [-0.2, 0) is 0 Å². The maximum absolute atomic E-state index is 11.3. The Bertz CT molecular complexity index is 184. The van der Waals surface area contributed by atoms with Gasteiger partial charge in [-0.15, -0.1) is 0 Å². The molecule has 4 nitrogen and oxygen atoms in total. The Balaban J connectivity index is 2.42. The summed E-state index contributed by atoms with van der Waals surface area (Å²) in [7, 11) is 0. The first kappa shape index (κ1) is 10.3. The summed E-state index contributed by atoms with van der Waals surface area (Å²) in [6, 6.07) is -0.00148. The lowest BCUT2D eigenvalue weighted by Gasteiger charge is -2.32. The molecule has 2 amide bonds. The molecule has 0 radical (unpaired) electrons. The normalized spacial score (nSPS) is 25.6. The van der Waals surface area contributed by atoms with E-state index in [4.69, 9.17) is 5.11 Å². The van der Waals surface area contributed by atoms with E-state index in [9.17, 15) is 4.79 Å². The SMILES string of the molecule is CC(CO)CN1CC(C)CNC1=O. The number of nitrogens with one attached hydrogen (secondary N) is 1. The second-order valence-electron chi connectivity index (χ2n) is 3.98. The molecule has 0 aromatic carbocycles. The van der Waals surface area contributed by atoms with Crippen molar-refractivity contribution in [2.45, 2.75) is 13.8 Å². The van der Waals surface area contributed by atoms with Gasteiger partial charge in [0, 0.05) is 26.2 Å². The maximum atomic E-state index is 11.3. The minimum Gasteiger partial charge on any atom is -0.396 e. The summed E-state index contributed by atoms with van der Waals surface area (Å²) in [5, 5.41) is 11.7. The lowest BCUT2D eigenvalue weighted by atomic mass is 10.1. The summed E-state index contributed by atoms with van der Waals surface area (Å²) >= 11 is 0. The molecular formula is C9H18N2O2. The zero-order valence-electron chi connectivity index (χ0n) is 8.29. The third-order valence-corrected chi connectivity index (χ3v) is 2.26. The molecule has 1 rings (SSSR count). The van der Waals surface area contributed by atoms with Crippen molar-refractivity contribution in [3.63, 3.8) is 0 Å². The Morgan fingerprint density at radius 3 is 3.08 bits per heavy atom. The molecule has 1 heterocycles. The fraction of sp³-hybridized carbons (Fsp3) is 0.889. The highest BCUT2D eigenvalue weighted by atomic mass is 16.3. The predicted molar refractivity (Wildman–Crippen MR) is 50.4 cm³/mol. The standard InChI is InChI=1S/C9H18N2O2/c1-7-3-10-9(13)11(4-7)5-8(2)6-12/h7-8,12H,3-6H2,1-2H3,(H,10,13). The van der Waals surface area contributed by atoms with Crippen LogP contribution in [0.15, 0.2) is 0 Å². The fourth-order valence-corrected chi connectivity index (χ4v) is 1.49. The third kappa shape index (κ3) is 2.88. The summed E-state index contributed by atoms with van der Waals surface area (Å²) in [6.45, 7) is 6.40. The number of carbonyl (C=O) groups is 1. The van der Waals surface area contributed by atoms with Crippen LogP contribution in [0.5, 0.6) is 0 Å². The quantitative estimate of drug-likeness (QED) is 0.665. The van der Waals surface area contributed by atoms with Crippen LogP contribution in [0.4, 0.5) is 4.79 Å². The van der Waals surface area contributed by atoms with Gasteiger partial charge in [-0.25, -0.2) is 4.79 Å². The van der Waals surface area contributed by atoms with Crippen molar-refractivity contribution in [2.75, 3.05) is 26.2 Å². The topological polar surface area (TPSA) is 52.6 Å². The third-order valence-electron chi connectivity index (χ3n) is 2.26. The van der Waals surface area contributed by atoms with Gasteiger partial charge in [0.15, 0.2) is 0 Å². The van der Waals surface area contributed by atoms with Gasteiger partial charge in [-0.05, 0) is 11.8 Å². The molecule has 2 atom stereocenters. The van der Waals surface area contributed by atoms with E-state index in [0.717, 1.165) is 13.1 Å². The van der Waals surface area contributed by atoms with Gasteiger partial charge in [-0.3, -0.25) is 0 Å². The Hall–Kier alpha value is -0.770. The van der Waals surface area contributed by atoms with Crippen molar-refractivity contribution in [1.29, 1.82) is 0 Å². The predicted octanol–water partition coefficient (Wildman–Crippen LogP) is 0.276. The van der Waals surface area contributed by atoms with E-state index < -0.39 is 0 Å². The van der Waals surface area contributed by atoms with Crippen LogP contribution in [-0.4, -0.2) is 42.3 Å². The van der Waals surface area contributed by atoms with Crippen LogP contribution in [0, 0.1) is 11.8 Å². The first-order valence-corrected chi connectivity index (χ1v) is 4.77. The van der Waals surface area contributed by atoms with Crippen LogP contribution in [0.25, 0.3) is 0 Å². The average Bonchev–Trinajstić information content (AvgIpc) is 2.11. The minimum atomic E-state index is -0.00148. The first-order valence-electron chi connectivity index (χ1n) is 4.77. The van der Waals surface area contributed by atoms with Gasteiger partial charge in [-0.2, -0.15) is 0 Å². The van der Waals surface area contributed by atoms with Gasteiger partial charge in [0.25, 0.3) is 0 Å². The van der Waals surface area contributed by atoms with Crippen molar-refractivity contribution >= 4 is 6.03 Å². The molecule has 76 valence electrons. The number of rotatable bonds is 3. The molecule has 0 spiro atoms. The summed E-state index contributed by atoms with van der Waals surface area (Å²) in [5.41, 5.74) is 0. The lowest BCUT2D eigenvalue weighted by Crippen LogP contribution is -2.51. The largest absolute Gasteiger partial charge is 0.396 e. The molecule has 13 heavy (non-hydrogen) atoms. The van der Waals surface area contributed by atoms with Gasteiger partial charge in [0.2, 0.25) is 0 Å². The van der Waals surface area contributed by atoms with E-state index in [2.05, 4.69) is 12.2 Å². The summed E-state index contributed by atoms with van der Waals surface area (Å²) in [5.74, 6) is 0.666. The second kappa shape index (κ2) is 4.46. The Labute approximate surface area is 78.9 Å². The van der Waals surface area contributed by atoms with E-state index in [1.165, 1.54) is 0 Å². The van der Waals surface area contributed by atoms with E-state index in [-0.39, 0.29) is 18.6 Å². The number of carbonyl (C=O) groups excluding carboxylic acids is 1. The van der Waals surface area contributed by atoms with E-state index in [1.807, 2.05) is 6.92 Å². The lowest BCUT2D eigenvalue weighted by molar-refractivity contribution is 0.144. The molecule has 1 aliphatic rings. The molecule has 0 aromatic rings. The number of aliphatic hydroxyl groups excluding tert-OH is 1. The van der Waals surface area contributed by atoms with Crippen LogP contribution >= 0.6 is 0 Å². The van der Waals surface area contributed by atoms with Gasteiger partial charge in [-0.1, -0.05) is 13.8 Å². The number of hydrogen-bond acceptors (Lipinski definition) is 2. The van der Waals surface area contributed by atoms with Crippen LogP contribution in [0.1, 0.15) is 13.8 Å².